The van der Waals surface area contributed by atoms with Crippen LogP contribution in [0.5, 0.6) is 5.75 Å². The van der Waals surface area contributed by atoms with Gasteiger partial charge in [0.15, 0.2) is 0 Å². The largest absolute Gasteiger partial charge is 0.497 e. The Balaban J connectivity index is 1.83. The second-order valence-electron chi connectivity index (χ2n) is 8.00. The van der Waals surface area contributed by atoms with E-state index in [4.69, 9.17) is 4.74 Å². The Bertz CT molecular complexity index is 927. The number of benzene rings is 4. The molecule has 4 aromatic carbocycles. The topological polar surface area (TPSA) is 9.23 Å². The molecule has 0 amide bonds. The van der Waals surface area contributed by atoms with Crippen LogP contribution in [0.1, 0.15) is 16.7 Å². The minimum Gasteiger partial charge on any atom is -0.497 e. The maximum atomic E-state index is 5.45. The number of rotatable bonds is 8. The molecular formula is C28H28OSi. The van der Waals surface area contributed by atoms with Crippen LogP contribution in [0, 0.1) is 0 Å². The van der Waals surface area contributed by atoms with E-state index in [1.165, 1.54) is 21.9 Å². The molecule has 0 saturated carbocycles. The van der Waals surface area contributed by atoms with Gasteiger partial charge < -0.3 is 4.74 Å². The van der Waals surface area contributed by atoms with E-state index in [-0.39, 0.29) is 0 Å². The summed E-state index contributed by atoms with van der Waals surface area (Å²) in [5.41, 5.74) is 4.27. The lowest BCUT2D eigenvalue weighted by Gasteiger charge is -2.33. The van der Waals surface area contributed by atoms with Gasteiger partial charge in [0, 0.05) is 0 Å². The van der Waals surface area contributed by atoms with E-state index in [0.717, 1.165) is 23.9 Å². The van der Waals surface area contributed by atoms with Crippen LogP contribution in [0.15, 0.2) is 115 Å². The van der Waals surface area contributed by atoms with Crippen LogP contribution in [0.4, 0.5) is 0 Å². The smallest absolute Gasteiger partial charge is 0.118 e. The maximum Gasteiger partial charge on any atom is 0.118 e. The van der Waals surface area contributed by atoms with Gasteiger partial charge in [0.1, 0.15) is 5.75 Å². The Morgan fingerprint density at radius 2 is 0.867 bits per heavy atom. The predicted molar refractivity (Wildman–Crippen MR) is 129 cm³/mol. The van der Waals surface area contributed by atoms with E-state index in [0.29, 0.717) is 0 Å². The van der Waals surface area contributed by atoms with Crippen molar-refractivity contribution in [1.82, 2.24) is 0 Å². The molecule has 2 heteroatoms. The first-order valence-electron chi connectivity index (χ1n) is 10.5. The third-order valence-corrected chi connectivity index (χ3v) is 10.7. The van der Waals surface area contributed by atoms with Crippen LogP contribution in [-0.4, -0.2) is 15.2 Å². The minimum absolute atomic E-state index is 0.917. The van der Waals surface area contributed by atoms with Crippen LogP contribution in [0.25, 0.3) is 0 Å². The highest BCUT2D eigenvalue weighted by atomic mass is 28.3. The molecule has 1 nitrogen and oxygen atoms in total. The van der Waals surface area contributed by atoms with Gasteiger partial charge in [0.25, 0.3) is 0 Å². The van der Waals surface area contributed by atoms with E-state index in [2.05, 4.69) is 115 Å². The average molecular weight is 409 g/mol. The first kappa shape index (κ1) is 20.2. The van der Waals surface area contributed by atoms with Crippen molar-refractivity contribution < 1.29 is 4.74 Å². The van der Waals surface area contributed by atoms with E-state index in [9.17, 15) is 0 Å². The first-order valence-corrected chi connectivity index (χ1v) is 13.2. The third-order valence-electron chi connectivity index (χ3n) is 5.86. The van der Waals surface area contributed by atoms with Gasteiger partial charge in [0.05, 0.1) is 15.2 Å². The zero-order valence-electron chi connectivity index (χ0n) is 17.5. The highest BCUT2D eigenvalue weighted by Crippen LogP contribution is 2.24. The molecule has 0 aliphatic carbocycles. The fourth-order valence-electron chi connectivity index (χ4n) is 4.40. The summed E-state index contributed by atoms with van der Waals surface area (Å²) in [6, 6.07) is 45.2. The molecule has 0 atom stereocenters. The molecule has 150 valence electrons. The Hall–Kier alpha value is -3.10. The summed E-state index contributed by atoms with van der Waals surface area (Å²) < 4.78 is 5.45. The highest BCUT2D eigenvalue weighted by molar-refractivity contribution is 6.90. The normalized spacial score (nSPS) is 11.2. The quantitative estimate of drug-likeness (QED) is 0.340. The molecule has 30 heavy (non-hydrogen) atoms. The van der Waals surface area contributed by atoms with E-state index >= 15 is 0 Å². The lowest BCUT2D eigenvalue weighted by molar-refractivity contribution is 0.415. The fraction of sp³-hybridized carbons (Fsp3) is 0.143. The third kappa shape index (κ3) is 4.89. The van der Waals surface area contributed by atoms with Crippen LogP contribution < -0.4 is 9.92 Å². The lowest BCUT2D eigenvalue weighted by atomic mass is 10.2. The molecule has 4 aromatic rings. The Kier molecular flexibility index (Phi) is 6.46. The Morgan fingerprint density at radius 1 is 0.500 bits per heavy atom. The average Bonchev–Trinajstić information content (AvgIpc) is 2.81. The van der Waals surface area contributed by atoms with Crippen molar-refractivity contribution in [2.45, 2.75) is 18.1 Å². The van der Waals surface area contributed by atoms with Crippen LogP contribution >= 0.6 is 0 Å². The van der Waals surface area contributed by atoms with Gasteiger partial charge in [-0.2, -0.15) is 0 Å². The van der Waals surface area contributed by atoms with Gasteiger partial charge in [-0.1, -0.05) is 125 Å². The van der Waals surface area contributed by atoms with Crippen molar-refractivity contribution in [2.24, 2.45) is 0 Å². The lowest BCUT2D eigenvalue weighted by Crippen LogP contribution is -2.55. The van der Waals surface area contributed by atoms with Gasteiger partial charge in [0.2, 0.25) is 0 Å². The molecule has 0 aliphatic rings. The van der Waals surface area contributed by atoms with Crippen molar-refractivity contribution in [1.29, 1.82) is 0 Å². The number of hydrogen-bond acceptors (Lipinski definition) is 1. The van der Waals surface area contributed by atoms with Gasteiger partial charge in [-0.05, 0) is 30.3 Å². The summed E-state index contributed by atoms with van der Waals surface area (Å²) in [4.78, 5) is 0. The van der Waals surface area contributed by atoms with Crippen molar-refractivity contribution in [3.05, 3.63) is 132 Å². The highest BCUT2D eigenvalue weighted by Gasteiger charge is 2.36. The molecule has 0 bridgehead atoms. The van der Waals surface area contributed by atoms with E-state index in [1.54, 1.807) is 7.11 Å². The Labute approximate surface area is 181 Å². The van der Waals surface area contributed by atoms with Crippen molar-refractivity contribution >= 4 is 13.3 Å². The molecule has 0 unspecified atom stereocenters. The second kappa shape index (κ2) is 9.60. The van der Waals surface area contributed by atoms with Gasteiger partial charge in [-0.3, -0.25) is 0 Å². The zero-order valence-corrected chi connectivity index (χ0v) is 18.5. The first-order chi connectivity index (χ1) is 14.8. The zero-order chi connectivity index (χ0) is 20.7. The molecule has 0 aromatic heterocycles. The standard InChI is InChI=1S/C28H28OSi/c1-29-27-17-19-28(20-18-27)30(21-24-11-5-2-6-12-24,22-25-13-7-3-8-14-25)23-26-15-9-4-10-16-26/h2-20H,21-23H2,1H3. The van der Waals surface area contributed by atoms with Gasteiger partial charge >= 0.3 is 0 Å². The molecule has 4 rings (SSSR count). The molecular weight excluding hydrogens is 380 g/mol. The summed E-state index contributed by atoms with van der Waals surface area (Å²) in [6.45, 7) is 0. The maximum absolute atomic E-state index is 5.45. The van der Waals surface area contributed by atoms with E-state index in [1.807, 2.05) is 0 Å². The molecule has 0 heterocycles. The predicted octanol–water partition coefficient (Wildman–Crippen LogP) is 5.70. The second-order valence-corrected chi connectivity index (χ2v) is 12.2. The molecule has 0 aliphatic heterocycles. The summed E-state index contributed by atoms with van der Waals surface area (Å²) in [5.74, 6) is 0.917. The Morgan fingerprint density at radius 3 is 1.20 bits per heavy atom. The number of hydrogen-bond donors (Lipinski definition) is 0. The molecule has 0 radical (unpaired) electrons. The molecule has 0 N–H and O–H groups in total. The van der Waals surface area contributed by atoms with Gasteiger partial charge in [-0.15, -0.1) is 0 Å². The summed E-state index contributed by atoms with van der Waals surface area (Å²) in [5, 5.41) is 1.49. The van der Waals surface area contributed by atoms with Crippen molar-refractivity contribution in [3.8, 4) is 5.75 Å². The molecule has 0 spiro atoms. The van der Waals surface area contributed by atoms with Crippen LogP contribution in [-0.2, 0) is 18.1 Å². The van der Waals surface area contributed by atoms with Crippen LogP contribution in [0.2, 0.25) is 0 Å². The fourth-order valence-corrected chi connectivity index (χ4v) is 9.31. The van der Waals surface area contributed by atoms with Crippen molar-refractivity contribution in [2.75, 3.05) is 7.11 Å². The van der Waals surface area contributed by atoms with Crippen molar-refractivity contribution in [3.63, 3.8) is 0 Å². The van der Waals surface area contributed by atoms with E-state index < -0.39 is 8.07 Å². The minimum atomic E-state index is -1.99. The summed E-state index contributed by atoms with van der Waals surface area (Å²) in [7, 11) is -0.252. The SMILES string of the molecule is COc1ccc([Si](Cc2ccccc2)(Cc2ccccc2)Cc2ccccc2)cc1. The van der Waals surface area contributed by atoms with Crippen LogP contribution in [0.3, 0.4) is 0 Å². The summed E-state index contributed by atoms with van der Waals surface area (Å²) in [6.07, 6.45) is 0. The molecule has 0 fully saturated rings. The summed E-state index contributed by atoms with van der Waals surface area (Å²) >= 11 is 0. The van der Waals surface area contributed by atoms with Gasteiger partial charge in [-0.25, -0.2) is 0 Å². The number of ether oxygens (including phenoxy) is 1. The molecule has 0 saturated heterocycles. The monoisotopic (exact) mass is 408 g/mol. The number of methoxy groups -OCH3 is 1.